The van der Waals surface area contributed by atoms with Crippen molar-refractivity contribution in [3.8, 4) is 0 Å². The van der Waals surface area contributed by atoms with Gasteiger partial charge in [0.25, 0.3) is 5.91 Å². The van der Waals surface area contributed by atoms with Gasteiger partial charge in [0.15, 0.2) is 0 Å². The molecule has 22 heavy (non-hydrogen) atoms. The fraction of sp³-hybridized carbons (Fsp3) is 0.294. The molecule has 0 radical (unpaired) electrons. The number of amides is 2. The van der Waals surface area contributed by atoms with Gasteiger partial charge in [-0.3, -0.25) is 9.59 Å². The summed E-state index contributed by atoms with van der Waals surface area (Å²) in [5, 5.41) is 2.79. The summed E-state index contributed by atoms with van der Waals surface area (Å²) in [7, 11) is 0. The third-order valence-electron chi connectivity index (χ3n) is 3.18. The maximum Gasteiger partial charge on any atom is 0.257 e. The fourth-order valence-electron chi connectivity index (χ4n) is 2.07. The van der Waals surface area contributed by atoms with Crippen molar-refractivity contribution in [1.29, 1.82) is 0 Å². The quantitative estimate of drug-likeness (QED) is 0.854. The molecule has 1 N–H and O–H groups in total. The molecule has 0 bridgehead atoms. The van der Waals surface area contributed by atoms with Crippen LogP contribution in [-0.2, 0) is 11.3 Å². The molecule has 1 heterocycles. The summed E-state index contributed by atoms with van der Waals surface area (Å²) in [6, 6.07) is 11.2. The van der Waals surface area contributed by atoms with Crippen LogP contribution in [0.25, 0.3) is 0 Å². The lowest BCUT2D eigenvalue weighted by molar-refractivity contribution is -0.121. The largest absolute Gasteiger partial charge is 0.472 e. The van der Waals surface area contributed by atoms with Gasteiger partial charge in [-0.2, -0.15) is 0 Å². The van der Waals surface area contributed by atoms with Crippen molar-refractivity contribution in [3.05, 3.63) is 60.1 Å². The monoisotopic (exact) mass is 300 g/mol. The number of nitrogens with one attached hydrogen (secondary N) is 1. The zero-order chi connectivity index (χ0) is 15.8. The lowest BCUT2D eigenvalue weighted by atomic mass is 10.2. The van der Waals surface area contributed by atoms with Crippen molar-refractivity contribution in [2.24, 2.45) is 0 Å². The Hall–Kier alpha value is -2.56. The minimum Gasteiger partial charge on any atom is -0.472 e. The third-order valence-corrected chi connectivity index (χ3v) is 3.18. The number of carbonyl (C=O) groups is 2. The van der Waals surface area contributed by atoms with Crippen LogP contribution in [0.4, 0.5) is 0 Å². The zero-order valence-corrected chi connectivity index (χ0v) is 12.6. The second-order valence-electron chi connectivity index (χ2n) is 5.01. The van der Waals surface area contributed by atoms with Gasteiger partial charge in [-0.1, -0.05) is 37.3 Å². The summed E-state index contributed by atoms with van der Waals surface area (Å²) in [6.45, 7) is 3.00. The first-order valence-electron chi connectivity index (χ1n) is 7.32. The highest BCUT2D eigenvalue weighted by Gasteiger charge is 2.19. The Kier molecular flexibility index (Phi) is 5.77. The van der Waals surface area contributed by atoms with Crippen molar-refractivity contribution < 1.29 is 14.0 Å². The van der Waals surface area contributed by atoms with Crippen LogP contribution in [-0.4, -0.2) is 29.8 Å². The summed E-state index contributed by atoms with van der Waals surface area (Å²) < 4.78 is 4.96. The Morgan fingerprint density at radius 1 is 1.18 bits per heavy atom. The molecule has 0 unspecified atom stereocenters. The van der Waals surface area contributed by atoms with Gasteiger partial charge in [0.05, 0.1) is 11.8 Å². The molecular weight excluding hydrogens is 280 g/mol. The van der Waals surface area contributed by atoms with Gasteiger partial charge in [-0.05, 0) is 18.1 Å². The van der Waals surface area contributed by atoms with Crippen molar-refractivity contribution in [1.82, 2.24) is 10.2 Å². The van der Waals surface area contributed by atoms with Crippen molar-refractivity contribution in [3.63, 3.8) is 0 Å². The number of furan rings is 1. The average molecular weight is 300 g/mol. The highest BCUT2D eigenvalue weighted by atomic mass is 16.3. The molecular formula is C17H20N2O3. The summed E-state index contributed by atoms with van der Waals surface area (Å²) in [4.78, 5) is 26.0. The smallest absolute Gasteiger partial charge is 0.257 e. The Morgan fingerprint density at radius 3 is 2.59 bits per heavy atom. The molecule has 0 aliphatic carbocycles. The Balaban J connectivity index is 2.09. The van der Waals surface area contributed by atoms with Gasteiger partial charge in [-0.15, -0.1) is 0 Å². The molecule has 2 amide bonds. The van der Waals surface area contributed by atoms with Gasteiger partial charge < -0.3 is 14.6 Å². The standard InChI is InChI=1S/C17H20N2O3/c1-2-9-18-16(20)12-19(11-14-6-4-3-5-7-14)17(21)15-8-10-22-13-15/h3-8,10,13H,2,9,11-12H2,1H3,(H,18,20). The summed E-state index contributed by atoms with van der Waals surface area (Å²) in [6.07, 6.45) is 3.70. The Morgan fingerprint density at radius 2 is 1.95 bits per heavy atom. The Bertz CT molecular complexity index is 594. The first kappa shape index (κ1) is 15.8. The first-order valence-corrected chi connectivity index (χ1v) is 7.32. The number of hydrogen-bond donors (Lipinski definition) is 1. The molecule has 0 aliphatic rings. The maximum absolute atomic E-state index is 12.5. The van der Waals surface area contributed by atoms with Gasteiger partial charge >= 0.3 is 0 Å². The van der Waals surface area contributed by atoms with Gasteiger partial charge in [0.1, 0.15) is 12.8 Å². The normalized spacial score (nSPS) is 10.2. The van der Waals surface area contributed by atoms with Crippen LogP contribution < -0.4 is 5.32 Å². The van der Waals surface area contributed by atoms with Gasteiger partial charge in [-0.25, -0.2) is 0 Å². The number of hydrogen-bond acceptors (Lipinski definition) is 3. The molecule has 0 saturated carbocycles. The molecule has 0 fully saturated rings. The Labute approximate surface area is 129 Å². The topological polar surface area (TPSA) is 62.6 Å². The minimum atomic E-state index is -0.218. The van der Waals surface area contributed by atoms with Gasteiger partial charge in [0, 0.05) is 13.1 Å². The zero-order valence-electron chi connectivity index (χ0n) is 12.6. The number of benzene rings is 1. The lowest BCUT2D eigenvalue weighted by Crippen LogP contribution is -2.40. The number of rotatable bonds is 7. The molecule has 1 aromatic heterocycles. The molecule has 1 aromatic carbocycles. The first-order chi connectivity index (χ1) is 10.7. The fourth-order valence-corrected chi connectivity index (χ4v) is 2.07. The molecule has 0 saturated heterocycles. The second-order valence-corrected chi connectivity index (χ2v) is 5.01. The lowest BCUT2D eigenvalue weighted by Gasteiger charge is -2.21. The van der Waals surface area contributed by atoms with Crippen molar-refractivity contribution >= 4 is 11.8 Å². The molecule has 0 spiro atoms. The van der Waals surface area contributed by atoms with Crippen molar-refractivity contribution in [2.45, 2.75) is 19.9 Å². The summed E-state index contributed by atoms with van der Waals surface area (Å²) >= 11 is 0. The van der Waals surface area contributed by atoms with E-state index in [-0.39, 0.29) is 18.4 Å². The van der Waals surface area contributed by atoms with Crippen molar-refractivity contribution in [2.75, 3.05) is 13.1 Å². The molecule has 116 valence electrons. The van der Waals surface area contributed by atoms with Crippen LogP contribution in [0.5, 0.6) is 0 Å². The minimum absolute atomic E-state index is 0.0267. The summed E-state index contributed by atoms with van der Waals surface area (Å²) in [5.41, 5.74) is 1.42. The molecule has 5 nitrogen and oxygen atoms in total. The van der Waals surface area contributed by atoms with E-state index in [1.54, 1.807) is 6.07 Å². The maximum atomic E-state index is 12.5. The third kappa shape index (κ3) is 4.48. The SMILES string of the molecule is CCCNC(=O)CN(Cc1ccccc1)C(=O)c1ccoc1. The average Bonchev–Trinajstić information content (AvgIpc) is 3.07. The van der Waals surface area contributed by atoms with E-state index >= 15 is 0 Å². The van der Waals surface area contributed by atoms with E-state index in [1.165, 1.54) is 17.4 Å². The van der Waals surface area contributed by atoms with E-state index < -0.39 is 0 Å². The van der Waals surface area contributed by atoms with Gasteiger partial charge in [0.2, 0.25) is 5.91 Å². The van der Waals surface area contributed by atoms with Crippen LogP contribution in [0.15, 0.2) is 53.3 Å². The van der Waals surface area contributed by atoms with Crippen LogP contribution in [0.2, 0.25) is 0 Å². The van der Waals surface area contributed by atoms with Crippen LogP contribution >= 0.6 is 0 Å². The number of nitrogens with zero attached hydrogens (tertiary/aromatic N) is 1. The molecule has 2 rings (SSSR count). The number of carbonyl (C=O) groups excluding carboxylic acids is 2. The summed E-state index contributed by atoms with van der Waals surface area (Å²) in [5.74, 6) is -0.376. The van der Waals surface area contributed by atoms with Crippen LogP contribution in [0, 0.1) is 0 Å². The van der Waals surface area contributed by atoms with E-state index in [1.807, 2.05) is 37.3 Å². The predicted molar refractivity (Wildman–Crippen MR) is 83.2 cm³/mol. The van der Waals surface area contributed by atoms with E-state index in [0.29, 0.717) is 18.7 Å². The predicted octanol–water partition coefficient (Wildman–Crippen LogP) is 2.45. The molecule has 0 aliphatic heterocycles. The van der Waals surface area contributed by atoms with E-state index in [2.05, 4.69) is 5.32 Å². The van der Waals surface area contributed by atoms with Crippen LogP contribution in [0.1, 0.15) is 29.3 Å². The molecule has 2 aromatic rings. The highest BCUT2D eigenvalue weighted by Crippen LogP contribution is 2.10. The van der Waals surface area contributed by atoms with E-state index in [0.717, 1.165) is 12.0 Å². The second kappa shape index (κ2) is 8.02. The molecule has 5 heteroatoms. The van der Waals surface area contributed by atoms with Crippen LogP contribution in [0.3, 0.4) is 0 Å². The van der Waals surface area contributed by atoms with E-state index in [9.17, 15) is 9.59 Å². The highest BCUT2D eigenvalue weighted by molar-refractivity contribution is 5.96. The van der Waals surface area contributed by atoms with E-state index in [4.69, 9.17) is 4.42 Å². The molecule has 0 atom stereocenters.